The van der Waals surface area contributed by atoms with E-state index in [1.54, 1.807) is 24.3 Å². The van der Waals surface area contributed by atoms with Crippen molar-refractivity contribution in [2.45, 2.75) is 13.8 Å². The van der Waals surface area contributed by atoms with Crippen LogP contribution in [0.3, 0.4) is 0 Å². The van der Waals surface area contributed by atoms with Crippen molar-refractivity contribution >= 4 is 28.3 Å². The van der Waals surface area contributed by atoms with Crippen molar-refractivity contribution in [3.8, 4) is 17.0 Å². The summed E-state index contributed by atoms with van der Waals surface area (Å²) in [5.74, 6) is -0.0972. The van der Waals surface area contributed by atoms with Crippen LogP contribution in [0.25, 0.3) is 11.3 Å². The summed E-state index contributed by atoms with van der Waals surface area (Å²) in [4.78, 5) is 28.7. The summed E-state index contributed by atoms with van der Waals surface area (Å²) in [5, 5.41) is 7.70. The first-order valence-corrected chi connectivity index (χ1v) is 9.59. The number of hydrogen-bond acceptors (Lipinski definition) is 5. The lowest BCUT2D eigenvalue weighted by Gasteiger charge is -2.06. The smallest absolute Gasteiger partial charge is 0.251 e. The minimum atomic E-state index is -0.344. The minimum Gasteiger partial charge on any atom is -0.497 e. The molecule has 2 N–H and O–H groups in total. The second kappa shape index (κ2) is 8.67. The third kappa shape index (κ3) is 4.75. The van der Waals surface area contributed by atoms with Crippen LogP contribution < -0.4 is 15.4 Å². The lowest BCUT2D eigenvalue weighted by atomic mass is 10.1. The first kappa shape index (κ1) is 19.6. The lowest BCUT2D eigenvalue weighted by molar-refractivity contribution is -0.115. The Morgan fingerprint density at radius 2 is 1.93 bits per heavy atom. The Morgan fingerprint density at radius 1 is 1.11 bits per heavy atom. The molecule has 0 spiro atoms. The first-order valence-electron chi connectivity index (χ1n) is 8.71. The van der Waals surface area contributed by atoms with E-state index in [2.05, 4.69) is 41.6 Å². The van der Waals surface area contributed by atoms with E-state index in [0.717, 1.165) is 11.3 Å². The maximum atomic E-state index is 12.2. The van der Waals surface area contributed by atoms with E-state index in [4.69, 9.17) is 4.74 Å². The van der Waals surface area contributed by atoms with Gasteiger partial charge in [0.1, 0.15) is 5.75 Å². The number of aromatic nitrogens is 1. The van der Waals surface area contributed by atoms with Crippen LogP contribution in [0.5, 0.6) is 5.75 Å². The van der Waals surface area contributed by atoms with Crippen molar-refractivity contribution in [3.63, 3.8) is 0 Å². The molecule has 144 valence electrons. The topological polar surface area (TPSA) is 80.3 Å². The fourth-order valence-corrected chi connectivity index (χ4v) is 3.29. The number of aryl methyl sites for hydroxylation is 2. The van der Waals surface area contributed by atoms with Crippen LogP contribution in [0.4, 0.5) is 5.13 Å². The number of hydrogen-bond donors (Lipinski definition) is 2. The summed E-state index contributed by atoms with van der Waals surface area (Å²) in [6.45, 7) is 3.97. The van der Waals surface area contributed by atoms with Gasteiger partial charge in [0.05, 0.1) is 19.3 Å². The molecule has 3 aromatic rings. The Morgan fingerprint density at radius 3 is 2.68 bits per heavy atom. The predicted octanol–water partition coefficient (Wildman–Crippen LogP) is 3.80. The highest BCUT2D eigenvalue weighted by Crippen LogP contribution is 2.26. The average molecular weight is 395 g/mol. The first-order chi connectivity index (χ1) is 13.5. The molecule has 1 aromatic heterocycles. The molecule has 7 heteroatoms. The van der Waals surface area contributed by atoms with Gasteiger partial charge in [-0.15, -0.1) is 11.3 Å². The fourth-order valence-electron chi connectivity index (χ4n) is 2.55. The Hall–Kier alpha value is -3.19. The van der Waals surface area contributed by atoms with Crippen molar-refractivity contribution < 1.29 is 14.3 Å². The molecular formula is C21H21N3O3S. The molecule has 0 saturated heterocycles. The van der Waals surface area contributed by atoms with E-state index in [0.29, 0.717) is 16.4 Å². The number of methoxy groups -OCH3 is 1. The summed E-state index contributed by atoms with van der Waals surface area (Å²) in [6.07, 6.45) is 0. The van der Waals surface area contributed by atoms with E-state index < -0.39 is 0 Å². The van der Waals surface area contributed by atoms with E-state index in [-0.39, 0.29) is 18.4 Å². The Balaban J connectivity index is 1.57. The standard InChI is InChI=1S/C21H21N3O3S/c1-13-7-8-15(9-14(13)2)18-12-28-21(23-18)24-19(25)11-22-20(26)16-5-4-6-17(10-16)27-3/h4-10,12H,11H2,1-3H3,(H,22,26)(H,23,24,25). The summed E-state index contributed by atoms with van der Waals surface area (Å²) >= 11 is 1.35. The Labute approximate surface area is 167 Å². The predicted molar refractivity (Wildman–Crippen MR) is 111 cm³/mol. The van der Waals surface area contributed by atoms with Gasteiger partial charge in [0, 0.05) is 16.5 Å². The molecule has 2 aromatic carbocycles. The van der Waals surface area contributed by atoms with Crippen molar-refractivity contribution in [2.75, 3.05) is 19.0 Å². The van der Waals surface area contributed by atoms with Crippen LogP contribution in [0.1, 0.15) is 21.5 Å². The molecule has 0 atom stereocenters. The van der Waals surface area contributed by atoms with Crippen molar-refractivity contribution in [1.82, 2.24) is 10.3 Å². The van der Waals surface area contributed by atoms with Crippen molar-refractivity contribution in [1.29, 1.82) is 0 Å². The zero-order chi connectivity index (χ0) is 20.1. The number of rotatable bonds is 6. The third-order valence-corrected chi connectivity index (χ3v) is 5.05. The van der Waals surface area contributed by atoms with Gasteiger partial charge in [-0.2, -0.15) is 0 Å². The van der Waals surface area contributed by atoms with Gasteiger partial charge in [-0.1, -0.05) is 18.2 Å². The van der Waals surface area contributed by atoms with E-state index in [9.17, 15) is 9.59 Å². The molecule has 6 nitrogen and oxygen atoms in total. The summed E-state index contributed by atoms with van der Waals surface area (Å²) in [7, 11) is 1.53. The molecule has 0 bridgehead atoms. The van der Waals surface area contributed by atoms with Crippen molar-refractivity contribution in [3.05, 3.63) is 64.5 Å². The lowest BCUT2D eigenvalue weighted by Crippen LogP contribution is -2.32. The molecule has 0 aliphatic carbocycles. The molecule has 0 radical (unpaired) electrons. The molecular weight excluding hydrogens is 374 g/mol. The van der Waals surface area contributed by atoms with Crippen LogP contribution in [0.2, 0.25) is 0 Å². The molecule has 28 heavy (non-hydrogen) atoms. The normalized spacial score (nSPS) is 10.4. The monoisotopic (exact) mass is 395 g/mol. The number of benzene rings is 2. The second-order valence-corrected chi connectivity index (χ2v) is 7.16. The number of nitrogens with one attached hydrogen (secondary N) is 2. The number of ether oxygens (including phenoxy) is 1. The van der Waals surface area contributed by atoms with Crippen LogP contribution in [-0.4, -0.2) is 30.5 Å². The Kier molecular flexibility index (Phi) is 6.06. The molecule has 2 amide bonds. The molecule has 0 fully saturated rings. The number of carbonyl (C=O) groups is 2. The molecule has 0 aliphatic rings. The van der Waals surface area contributed by atoms with Gasteiger partial charge in [-0.05, 0) is 49.2 Å². The van der Waals surface area contributed by atoms with E-state index in [1.165, 1.54) is 29.6 Å². The number of thiazole rings is 1. The largest absolute Gasteiger partial charge is 0.497 e. The highest BCUT2D eigenvalue weighted by Gasteiger charge is 2.11. The minimum absolute atomic E-state index is 0.144. The van der Waals surface area contributed by atoms with E-state index >= 15 is 0 Å². The summed E-state index contributed by atoms with van der Waals surface area (Å²) < 4.78 is 5.10. The maximum absolute atomic E-state index is 12.2. The SMILES string of the molecule is COc1cccc(C(=O)NCC(=O)Nc2nc(-c3ccc(C)c(C)c3)cs2)c1. The van der Waals surface area contributed by atoms with Gasteiger partial charge >= 0.3 is 0 Å². The highest BCUT2D eigenvalue weighted by molar-refractivity contribution is 7.14. The maximum Gasteiger partial charge on any atom is 0.251 e. The Bertz CT molecular complexity index is 1010. The zero-order valence-corrected chi connectivity index (χ0v) is 16.7. The van der Waals surface area contributed by atoms with Crippen LogP contribution in [0.15, 0.2) is 47.8 Å². The van der Waals surface area contributed by atoms with Crippen LogP contribution in [-0.2, 0) is 4.79 Å². The van der Waals surface area contributed by atoms with Gasteiger partial charge in [-0.3, -0.25) is 9.59 Å². The molecule has 3 rings (SSSR count). The fraction of sp³-hybridized carbons (Fsp3) is 0.190. The van der Waals surface area contributed by atoms with Gasteiger partial charge in [0.25, 0.3) is 5.91 Å². The van der Waals surface area contributed by atoms with Crippen LogP contribution >= 0.6 is 11.3 Å². The van der Waals surface area contributed by atoms with Gasteiger partial charge < -0.3 is 15.4 Å². The summed E-state index contributed by atoms with van der Waals surface area (Å²) in [6, 6.07) is 12.9. The van der Waals surface area contributed by atoms with Crippen molar-refractivity contribution in [2.24, 2.45) is 0 Å². The zero-order valence-electron chi connectivity index (χ0n) is 15.9. The van der Waals surface area contributed by atoms with Gasteiger partial charge in [0.2, 0.25) is 5.91 Å². The van der Waals surface area contributed by atoms with Gasteiger partial charge in [-0.25, -0.2) is 4.98 Å². The number of nitrogens with zero attached hydrogens (tertiary/aromatic N) is 1. The number of amides is 2. The molecule has 0 unspecified atom stereocenters. The molecule has 0 aliphatic heterocycles. The second-order valence-electron chi connectivity index (χ2n) is 6.30. The number of anilines is 1. The third-order valence-electron chi connectivity index (χ3n) is 4.29. The van der Waals surface area contributed by atoms with E-state index in [1.807, 2.05) is 11.4 Å². The molecule has 0 saturated carbocycles. The van der Waals surface area contributed by atoms with Crippen LogP contribution in [0, 0.1) is 13.8 Å². The number of carbonyl (C=O) groups excluding carboxylic acids is 2. The highest BCUT2D eigenvalue weighted by atomic mass is 32.1. The summed E-state index contributed by atoms with van der Waals surface area (Å²) in [5.41, 5.74) is 4.66. The molecule has 1 heterocycles. The van der Waals surface area contributed by atoms with Gasteiger partial charge in [0.15, 0.2) is 5.13 Å². The quantitative estimate of drug-likeness (QED) is 0.665. The average Bonchev–Trinajstić information content (AvgIpc) is 3.16.